The summed E-state index contributed by atoms with van der Waals surface area (Å²) < 4.78 is 0. The third-order valence-electron chi connectivity index (χ3n) is 3.57. The summed E-state index contributed by atoms with van der Waals surface area (Å²) in [5, 5.41) is 6.77. The molecule has 7 nitrogen and oxygen atoms in total. The lowest BCUT2D eigenvalue weighted by Gasteiger charge is -2.06. The van der Waals surface area contributed by atoms with Crippen LogP contribution in [0.5, 0.6) is 0 Å². The molecule has 1 aromatic carbocycles. The third kappa shape index (κ3) is 4.51. The van der Waals surface area contributed by atoms with Crippen LogP contribution in [0.1, 0.15) is 22.5 Å². The highest BCUT2D eigenvalue weighted by molar-refractivity contribution is 5.94. The van der Waals surface area contributed by atoms with Gasteiger partial charge < -0.3 is 0 Å². The molecule has 0 aliphatic carbocycles. The molecule has 2 amide bonds. The second kappa shape index (κ2) is 7.87. The van der Waals surface area contributed by atoms with Gasteiger partial charge in [0, 0.05) is 24.4 Å². The maximum atomic E-state index is 12.1. The molecule has 3 aromatic rings. The SMILES string of the molecule is O=C(CCc1cccnc1)NNC(=O)c1cc(-c2ccccc2)n[nH]1. The highest BCUT2D eigenvalue weighted by atomic mass is 16.2. The van der Waals surface area contributed by atoms with E-state index in [9.17, 15) is 9.59 Å². The predicted molar refractivity (Wildman–Crippen MR) is 92.2 cm³/mol. The number of aromatic amines is 1. The molecule has 3 rings (SSSR count). The van der Waals surface area contributed by atoms with E-state index < -0.39 is 5.91 Å². The fraction of sp³-hybridized carbons (Fsp3) is 0.111. The zero-order valence-corrected chi connectivity index (χ0v) is 13.4. The van der Waals surface area contributed by atoms with Gasteiger partial charge in [-0.25, -0.2) is 0 Å². The molecule has 0 unspecified atom stereocenters. The van der Waals surface area contributed by atoms with E-state index in [-0.39, 0.29) is 18.0 Å². The molecule has 0 aliphatic heterocycles. The zero-order valence-electron chi connectivity index (χ0n) is 13.4. The first-order chi connectivity index (χ1) is 12.2. The van der Waals surface area contributed by atoms with E-state index in [0.29, 0.717) is 12.1 Å². The first-order valence-electron chi connectivity index (χ1n) is 7.81. The topological polar surface area (TPSA) is 99.8 Å². The van der Waals surface area contributed by atoms with Crippen molar-refractivity contribution in [3.63, 3.8) is 0 Å². The molecule has 0 aliphatic rings. The molecule has 2 aromatic heterocycles. The van der Waals surface area contributed by atoms with Gasteiger partial charge in [0.15, 0.2) is 0 Å². The Morgan fingerprint density at radius 2 is 1.88 bits per heavy atom. The van der Waals surface area contributed by atoms with Gasteiger partial charge in [-0.2, -0.15) is 5.10 Å². The standard InChI is InChI=1S/C18H17N5O2/c24-17(9-8-13-5-4-10-19-12-13)22-23-18(25)16-11-15(20-21-16)14-6-2-1-3-7-14/h1-7,10-12H,8-9H2,(H,20,21)(H,22,24)(H,23,25). The number of hydrogen-bond donors (Lipinski definition) is 3. The molecular formula is C18H17N5O2. The molecule has 0 saturated carbocycles. The van der Waals surface area contributed by atoms with E-state index in [2.05, 4.69) is 26.0 Å². The number of amides is 2. The molecular weight excluding hydrogens is 318 g/mol. The average Bonchev–Trinajstić information content (AvgIpc) is 3.16. The minimum Gasteiger partial charge on any atom is -0.273 e. The van der Waals surface area contributed by atoms with Crippen LogP contribution >= 0.6 is 0 Å². The quantitative estimate of drug-likeness (QED) is 0.620. The van der Waals surface area contributed by atoms with Crippen LogP contribution in [0.2, 0.25) is 0 Å². The Kier molecular flexibility index (Phi) is 5.16. The van der Waals surface area contributed by atoms with Crippen LogP contribution in [-0.2, 0) is 11.2 Å². The van der Waals surface area contributed by atoms with Crippen molar-refractivity contribution >= 4 is 11.8 Å². The van der Waals surface area contributed by atoms with Crippen molar-refractivity contribution in [1.29, 1.82) is 0 Å². The maximum absolute atomic E-state index is 12.1. The van der Waals surface area contributed by atoms with Crippen molar-refractivity contribution in [2.45, 2.75) is 12.8 Å². The van der Waals surface area contributed by atoms with Gasteiger partial charge in [-0.3, -0.25) is 30.5 Å². The van der Waals surface area contributed by atoms with E-state index >= 15 is 0 Å². The molecule has 0 bridgehead atoms. The summed E-state index contributed by atoms with van der Waals surface area (Å²) in [5.41, 5.74) is 7.56. The molecule has 0 atom stereocenters. The number of rotatable bonds is 5. The van der Waals surface area contributed by atoms with E-state index in [0.717, 1.165) is 11.1 Å². The molecule has 25 heavy (non-hydrogen) atoms. The van der Waals surface area contributed by atoms with Crippen LogP contribution in [0.4, 0.5) is 0 Å². The number of hydrogen-bond acceptors (Lipinski definition) is 4. The van der Waals surface area contributed by atoms with Crippen LogP contribution < -0.4 is 10.9 Å². The van der Waals surface area contributed by atoms with Crippen LogP contribution in [0.15, 0.2) is 60.9 Å². The average molecular weight is 335 g/mol. The van der Waals surface area contributed by atoms with Gasteiger partial charge >= 0.3 is 0 Å². The molecule has 0 saturated heterocycles. The summed E-state index contributed by atoms with van der Waals surface area (Å²) in [4.78, 5) is 27.9. The van der Waals surface area contributed by atoms with Crippen molar-refractivity contribution in [1.82, 2.24) is 26.0 Å². The van der Waals surface area contributed by atoms with Gasteiger partial charge in [-0.05, 0) is 24.1 Å². The minimum atomic E-state index is -0.454. The van der Waals surface area contributed by atoms with Gasteiger partial charge in [0.1, 0.15) is 5.69 Å². The lowest BCUT2D eigenvalue weighted by atomic mass is 10.1. The third-order valence-corrected chi connectivity index (χ3v) is 3.57. The van der Waals surface area contributed by atoms with E-state index in [1.165, 1.54) is 0 Å². The van der Waals surface area contributed by atoms with Crippen molar-refractivity contribution in [2.75, 3.05) is 0 Å². The second-order valence-electron chi connectivity index (χ2n) is 5.40. The largest absolute Gasteiger partial charge is 0.287 e. The van der Waals surface area contributed by atoms with E-state index in [4.69, 9.17) is 0 Å². The molecule has 0 spiro atoms. The van der Waals surface area contributed by atoms with Crippen molar-refractivity contribution < 1.29 is 9.59 Å². The predicted octanol–water partition coefficient (Wildman–Crippen LogP) is 1.87. The van der Waals surface area contributed by atoms with E-state index in [1.807, 2.05) is 42.5 Å². The van der Waals surface area contributed by atoms with Crippen molar-refractivity contribution in [3.05, 3.63) is 72.2 Å². The fourth-order valence-electron chi connectivity index (χ4n) is 2.26. The fourth-order valence-corrected chi connectivity index (χ4v) is 2.26. The number of nitrogens with zero attached hydrogens (tertiary/aromatic N) is 2. The Morgan fingerprint density at radius 1 is 1.04 bits per heavy atom. The number of H-pyrrole nitrogens is 1. The van der Waals surface area contributed by atoms with Crippen LogP contribution in [-0.4, -0.2) is 27.0 Å². The summed E-state index contributed by atoms with van der Waals surface area (Å²) >= 11 is 0. The molecule has 0 fully saturated rings. The van der Waals surface area contributed by atoms with Crippen LogP contribution in [0.3, 0.4) is 0 Å². The van der Waals surface area contributed by atoms with Crippen LogP contribution in [0, 0.1) is 0 Å². The van der Waals surface area contributed by atoms with Crippen LogP contribution in [0.25, 0.3) is 11.3 Å². The molecule has 0 radical (unpaired) electrons. The van der Waals surface area contributed by atoms with Gasteiger partial charge in [0.05, 0.1) is 5.69 Å². The Hall–Kier alpha value is -3.48. The highest BCUT2D eigenvalue weighted by Crippen LogP contribution is 2.16. The molecule has 2 heterocycles. The van der Waals surface area contributed by atoms with Gasteiger partial charge in [0.25, 0.3) is 5.91 Å². The second-order valence-corrected chi connectivity index (χ2v) is 5.40. The van der Waals surface area contributed by atoms with Gasteiger partial charge in [-0.15, -0.1) is 0 Å². The lowest BCUT2D eigenvalue weighted by molar-refractivity contribution is -0.121. The number of aromatic nitrogens is 3. The summed E-state index contributed by atoms with van der Waals surface area (Å²) in [5.74, 6) is -0.732. The first kappa shape index (κ1) is 16.4. The number of nitrogens with one attached hydrogen (secondary N) is 3. The Bertz CT molecular complexity index is 846. The van der Waals surface area contributed by atoms with Crippen molar-refractivity contribution in [3.8, 4) is 11.3 Å². The zero-order chi connectivity index (χ0) is 17.5. The van der Waals surface area contributed by atoms with Gasteiger partial charge in [-0.1, -0.05) is 36.4 Å². The monoisotopic (exact) mass is 335 g/mol. The smallest absolute Gasteiger partial charge is 0.273 e. The van der Waals surface area contributed by atoms with E-state index in [1.54, 1.807) is 18.5 Å². The number of carbonyl (C=O) groups excluding carboxylic acids is 2. The Balaban J connectivity index is 1.49. The highest BCUT2D eigenvalue weighted by Gasteiger charge is 2.12. The number of pyridine rings is 1. The number of hydrazine groups is 1. The minimum absolute atomic E-state index is 0.254. The number of aryl methyl sites for hydroxylation is 1. The molecule has 3 N–H and O–H groups in total. The first-order valence-corrected chi connectivity index (χ1v) is 7.81. The summed E-state index contributed by atoms with van der Waals surface area (Å²) in [6.45, 7) is 0. The maximum Gasteiger partial charge on any atom is 0.287 e. The number of benzene rings is 1. The molecule has 126 valence electrons. The summed E-state index contributed by atoms with van der Waals surface area (Å²) in [6.07, 6.45) is 4.20. The molecule has 7 heteroatoms. The van der Waals surface area contributed by atoms with Crippen molar-refractivity contribution in [2.24, 2.45) is 0 Å². The number of carbonyl (C=O) groups is 2. The normalized spacial score (nSPS) is 10.2. The summed E-state index contributed by atoms with van der Waals surface area (Å²) in [7, 11) is 0. The Morgan fingerprint density at radius 3 is 2.64 bits per heavy atom. The van der Waals surface area contributed by atoms with Gasteiger partial charge in [0.2, 0.25) is 5.91 Å². The lowest BCUT2D eigenvalue weighted by Crippen LogP contribution is -2.41. The Labute approximate surface area is 144 Å². The summed E-state index contributed by atoms with van der Waals surface area (Å²) in [6, 6.07) is 14.8.